The fraction of sp³-hybridized carbons (Fsp3) is 0.812. The quantitative estimate of drug-likeness (QED) is 0.906. The summed E-state index contributed by atoms with van der Waals surface area (Å²) in [5.74, 6) is 2.57. The van der Waals surface area contributed by atoms with Crippen LogP contribution in [0.4, 0.5) is 0 Å². The van der Waals surface area contributed by atoms with E-state index in [0.717, 1.165) is 25.2 Å². The highest BCUT2D eigenvalue weighted by atomic mass is 16.3. The van der Waals surface area contributed by atoms with Crippen molar-refractivity contribution in [2.45, 2.75) is 65.5 Å². The molecule has 1 saturated carbocycles. The van der Waals surface area contributed by atoms with Crippen LogP contribution >= 0.6 is 0 Å². The number of hydrogen-bond acceptors (Lipinski definition) is 2. The van der Waals surface area contributed by atoms with Gasteiger partial charge < -0.3 is 9.67 Å². The van der Waals surface area contributed by atoms with Crippen molar-refractivity contribution in [1.82, 2.24) is 9.55 Å². The first-order valence-corrected chi connectivity index (χ1v) is 7.68. The van der Waals surface area contributed by atoms with E-state index in [0.29, 0.717) is 24.2 Å². The second-order valence-corrected chi connectivity index (χ2v) is 6.65. The van der Waals surface area contributed by atoms with E-state index < -0.39 is 5.60 Å². The molecule has 1 heterocycles. The summed E-state index contributed by atoms with van der Waals surface area (Å²) in [6.07, 6.45) is 7.84. The summed E-state index contributed by atoms with van der Waals surface area (Å²) in [6.45, 7) is 9.77. The van der Waals surface area contributed by atoms with Crippen LogP contribution in [0, 0.1) is 17.8 Å². The monoisotopic (exact) mass is 264 g/mol. The summed E-state index contributed by atoms with van der Waals surface area (Å²) in [5, 5.41) is 11.2. The van der Waals surface area contributed by atoms with Crippen LogP contribution in [0.2, 0.25) is 0 Å². The first-order chi connectivity index (χ1) is 8.96. The summed E-state index contributed by atoms with van der Waals surface area (Å²) >= 11 is 0. The first kappa shape index (κ1) is 14.6. The Morgan fingerprint density at radius 3 is 2.84 bits per heavy atom. The highest BCUT2D eigenvalue weighted by Crippen LogP contribution is 2.42. The van der Waals surface area contributed by atoms with E-state index in [1.807, 2.05) is 12.4 Å². The standard InChI is InChI=1S/C16H28N2O/c1-5-18-9-8-17-15(18)11-16(19)10-13(4)6-7-14(16)12(2)3/h8-9,12-14,19H,5-7,10-11H2,1-4H3. The van der Waals surface area contributed by atoms with E-state index in [4.69, 9.17) is 0 Å². The third-order valence-corrected chi connectivity index (χ3v) is 4.77. The topological polar surface area (TPSA) is 38.0 Å². The third kappa shape index (κ3) is 3.02. The average Bonchev–Trinajstić information content (AvgIpc) is 2.74. The molecule has 1 aromatic rings. The van der Waals surface area contributed by atoms with Gasteiger partial charge >= 0.3 is 0 Å². The van der Waals surface area contributed by atoms with E-state index in [1.165, 1.54) is 6.42 Å². The molecular weight excluding hydrogens is 236 g/mol. The Morgan fingerprint density at radius 2 is 2.21 bits per heavy atom. The zero-order chi connectivity index (χ0) is 14.0. The molecular formula is C16H28N2O. The van der Waals surface area contributed by atoms with Crippen LogP contribution < -0.4 is 0 Å². The molecule has 1 fully saturated rings. The zero-order valence-electron chi connectivity index (χ0n) is 12.8. The van der Waals surface area contributed by atoms with Crippen molar-refractivity contribution in [2.75, 3.05) is 0 Å². The summed E-state index contributed by atoms with van der Waals surface area (Å²) < 4.78 is 2.15. The van der Waals surface area contributed by atoms with Crippen molar-refractivity contribution in [3.05, 3.63) is 18.2 Å². The van der Waals surface area contributed by atoms with Crippen molar-refractivity contribution in [1.29, 1.82) is 0 Å². The maximum absolute atomic E-state index is 11.2. The number of aliphatic hydroxyl groups is 1. The van der Waals surface area contributed by atoms with Crippen molar-refractivity contribution in [3.8, 4) is 0 Å². The number of rotatable bonds is 4. The van der Waals surface area contributed by atoms with E-state index in [2.05, 4.69) is 37.2 Å². The lowest BCUT2D eigenvalue weighted by molar-refractivity contribution is -0.0811. The summed E-state index contributed by atoms with van der Waals surface area (Å²) in [4.78, 5) is 4.45. The molecule has 3 atom stereocenters. The predicted molar refractivity (Wildman–Crippen MR) is 77.9 cm³/mol. The van der Waals surface area contributed by atoms with E-state index in [9.17, 15) is 5.11 Å². The molecule has 2 rings (SSSR count). The Morgan fingerprint density at radius 1 is 1.47 bits per heavy atom. The van der Waals surface area contributed by atoms with Gasteiger partial charge in [-0.25, -0.2) is 4.98 Å². The van der Waals surface area contributed by atoms with Crippen molar-refractivity contribution in [3.63, 3.8) is 0 Å². The third-order valence-electron chi connectivity index (χ3n) is 4.77. The molecule has 0 bridgehead atoms. The molecule has 0 aromatic carbocycles. The molecule has 19 heavy (non-hydrogen) atoms. The van der Waals surface area contributed by atoms with Gasteiger partial charge in [0.25, 0.3) is 0 Å². The van der Waals surface area contributed by atoms with E-state index in [-0.39, 0.29) is 0 Å². The molecule has 3 nitrogen and oxygen atoms in total. The van der Waals surface area contributed by atoms with Gasteiger partial charge in [-0.3, -0.25) is 0 Å². The number of imidazole rings is 1. The molecule has 0 amide bonds. The van der Waals surface area contributed by atoms with Crippen LogP contribution in [0.5, 0.6) is 0 Å². The lowest BCUT2D eigenvalue weighted by atomic mass is 9.65. The number of nitrogens with zero attached hydrogens (tertiary/aromatic N) is 2. The minimum Gasteiger partial charge on any atom is -0.389 e. The largest absolute Gasteiger partial charge is 0.389 e. The van der Waals surface area contributed by atoms with Gasteiger partial charge in [-0.2, -0.15) is 0 Å². The van der Waals surface area contributed by atoms with Crippen molar-refractivity contribution in [2.24, 2.45) is 17.8 Å². The number of aromatic nitrogens is 2. The summed E-state index contributed by atoms with van der Waals surface area (Å²) in [5.41, 5.74) is -0.579. The molecule has 1 aromatic heterocycles. The van der Waals surface area contributed by atoms with Gasteiger partial charge in [0.1, 0.15) is 5.82 Å². The molecule has 1 N–H and O–H groups in total. The first-order valence-electron chi connectivity index (χ1n) is 7.68. The molecule has 0 aliphatic heterocycles. The lowest BCUT2D eigenvalue weighted by Gasteiger charge is -2.44. The normalized spacial score (nSPS) is 31.9. The van der Waals surface area contributed by atoms with Gasteiger partial charge in [-0.05, 0) is 37.5 Å². The Balaban J connectivity index is 2.22. The maximum Gasteiger partial charge on any atom is 0.111 e. The number of aryl methyl sites for hydroxylation is 1. The molecule has 1 aliphatic carbocycles. The molecule has 0 saturated heterocycles. The van der Waals surface area contributed by atoms with Crippen molar-refractivity contribution >= 4 is 0 Å². The Labute approximate surface area is 117 Å². The number of hydrogen-bond donors (Lipinski definition) is 1. The molecule has 0 spiro atoms. The van der Waals surface area contributed by atoms with Crippen LogP contribution in [0.25, 0.3) is 0 Å². The lowest BCUT2D eigenvalue weighted by Crippen LogP contribution is -2.47. The Bertz CT molecular complexity index is 413. The molecule has 3 heteroatoms. The van der Waals surface area contributed by atoms with Gasteiger partial charge in [0.05, 0.1) is 5.60 Å². The highest BCUT2D eigenvalue weighted by Gasteiger charge is 2.43. The van der Waals surface area contributed by atoms with Crippen LogP contribution in [0.1, 0.15) is 52.8 Å². The second kappa shape index (κ2) is 5.66. The van der Waals surface area contributed by atoms with Crippen LogP contribution in [0.15, 0.2) is 12.4 Å². The average molecular weight is 264 g/mol. The van der Waals surface area contributed by atoms with Gasteiger partial charge in [-0.15, -0.1) is 0 Å². The second-order valence-electron chi connectivity index (χ2n) is 6.65. The maximum atomic E-state index is 11.2. The van der Waals surface area contributed by atoms with Gasteiger partial charge in [0.2, 0.25) is 0 Å². The molecule has 1 aliphatic rings. The molecule has 108 valence electrons. The van der Waals surface area contributed by atoms with Gasteiger partial charge in [-0.1, -0.05) is 27.2 Å². The Hall–Kier alpha value is -0.830. The van der Waals surface area contributed by atoms with Crippen LogP contribution in [0.3, 0.4) is 0 Å². The van der Waals surface area contributed by atoms with Gasteiger partial charge in [0, 0.05) is 25.4 Å². The fourth-order valence-corrected chi connectivity index (χ4v) is 3.82. The minimum atomic E-state index is -0.579. The summed E-state index contributed by atoms with van der Waals surface area (Å²) in [7, 11) is 0. The predicted octanol–water partition coefficient (Wildman–Crippen LogP) is 3.27. The molecule has 0 radical (unpaired) electrons. The van der Waals surface area contributed by atoms with E-state index >= 15 is 0 Å². The van der Waals surface area contributed by atoms with Crippen LogP contribution in [-0.2, 0) is 13.0 Å². The van der Waals surface area contributed by atoms with E-state index in [1.54, 1.807) is 0 Å². The van der Waals surface area contributed by atoms with Crippen molar-refractivity contribution < 1.29 is 5.11 Å². The highest BCUT2D eigenvalue weighted by molar-refractivity contribution is 5.03. The summed E-state index contributed by atoms with van der Waals surface area (Å²) in [6, 6.07) is 0. The molecule has 3 unspecified atom stereocenters. The smallest absolute Gasteiger partial charge is 0.111 e. The Kier molecular flexibility index (Phi) is 4.34. The van der Waals surface area contributed by atoms with Crippen LogP contribution in [-0.4, -0.2) is 20.3 Å². The minimum absolute atomic E-state index is 0.394. The zero-order valence-corrected chi connectivity index (χ0v) is 12.8. The van der Waals surface area contributed by atoms with Gasteiger partial charge in [0.15, 0.2) is 0 Å². The fourth-order valence-electron chi connectivity index (χ4n) is 3.82. The SMILES string of the molecule is CCn1ccnc1CC1(O)CC(C)CCC1C(C)C.